The van der Waals surface area contributed by atoms with E-state index in [1.165, 1.54) is 0 Å². The fraction of sp³-hybridized carbons (Fsp3) is 0.0417. The Morgan fingerprint density at radius 1 is 0.906 bits per heavy atom. The van der Waals surface area contributed by atoms with Crippen LogP contribution in [0, 0.1) is 6.92 Å². The van der Waals surface area contributed by atoms with E-state index in [9.17, 15) is 18.7 Å². The topological polar surface area (TPSA) is 77.8 Å². The normalized spacial score (nSPS) is 11.8. The maximum atomic E-state index is 12.2. The molecule has 4 aromatic rings. The minimum absolute atomic E-state index is 0.00244. The van der Waals surface area contributed by atoms with E-state index in [1.807, 2.05) is 67.6 Å². The molecule has 1 atom stereocenters. The van der Waals surface area contributed by atoms with Crippen LogP contribution in [0.4, 0.5) is 11.4 Å². The van der Waals surface area contributed by atoms with Gasteiger partial charge in [-0.25, -0.2) is 13.3 Å². The summed E-state index contributed by atoms with van der Waals surface area (Å²) in [6.45, 7) is 1.81. The van der Waals surface area contributed by atoms with Crippen LogP contribution in [-0.2, 0) is 11.3 Å². The molecule has 32 heavy (non-hydrogen) atoms. The van der Waals surface area contributed by atoms with Gasteiger partial charge < -0.3 is 5.11 Å². The molecule has 162 valence electrons. The number of carbonyl (C=O) groups is 1. The fourth-order valence-electron chi connectivity index (χ4n) is 3.39. The maximum absolute atomic E-state index is 12.2. The van der Waals surface area contributed by atoms with Crippen LogP contribution in [0.1, 0.15) is 15.2 Å². The SMILES string of the molecule is Cc1ccccc1N(c1cc(-c2ccc(-c3ccc(Br)cc3)cc2)sc1C(=O)O)S(=O)O. The van der Waals surface area contributed by atoms with Crippen molar-refractivity contribution < 1.29 is 18.7 Å². The molecule has 0 aliphatic rings. The molecule has 0 saturated carbocycles. The molecule has 0 fully saturated rings. The first-order chi connectivity index (χ1) is 15.3. The van der Waals surface area contributed by atoms with E-state index in [2.05, 4.69) is 15.9 Å². The number of hydrogen-bond donors (Lipinski definition) is 2. The van der Waals surface area contributed by atoms with Crippen LogP contribution < -0.4 is 4.31 Å². The molecule has 0 spiro atoms. The van der Waals surface area contributed by atoms with Gasteiger partial charge in [0.15, 0.2) is 0 Å². The average molecular weight is 528 g/mol. The zero-order valence-electron chi connectivity index (χ0n) is 16.9. The summed E-state index contributed by atoms with van der Waals surface area (Å²) in [4.78, 5) is 12.7. The van der Waals surface area contributed by atoms with Crippen molar-refractivity contribution in [2.75, 3.05) is 4.31 Å². The van der Waals surface area contributed by atoms with Crippen LogP contribution in [0.25, 0.3) is 21.6 Å². The number of rotatable bonds is 6. The standard InChI is InChI=1S/C24H18BrNO4S2/c1-15-4-2-3-5-20(15)26(32(29)30)21-14-22(31-23(21)24(27)28)18-8-6-16(7-9-18)17-10-12-19(25)13-11-17/h2-14H,1H3,(H,27,28)(H,29,30). The average Bonchev–Trinajstić information content (AvgIpc) is 3.21. The summed E-state index contributed by atoms with van der Waals surface area (Å²) in [6, 6.07) is 24.5. The lowest BCUT2D eigenvalue weighted by atomic mass is 10.0. The molecule has 0 aliphatic carbocycles. The number of benzene rings is 3. The van der Waals surface area contributed by atoms with E-state index >= 15 is 0 Å². The van der Waals surface area contributed by atoms with Gasteiger partial charge in [0.05, 0.1) is 11.4 Å². The van der Waals surface area contributed by atoms with Crippen LogP contribution >= 0.6 is 27.3 Å². The van der Waals surface area contributed by atoms with Crippen molar-refractivity contribution in [3.8, 4) is 21.6 Å². The number of anilines is 2. The van der Waals surface area contributed by atoms with E-state index in [0.717, 1.165) is 42.4 Å². The molecule has 1 unspecified atom stereocenters. The van der Waals surface area contributed by atoms with Crippen LogP contribution in [0.3, 0.4) is 0 Å². The summed E-state index contributed by atoms with van der Waals surface area (Å²) in [5, 5.41) is 9.79. The number of carboxylic acid groups (broad SMARTS) is 1. The monoisotopic (exact) mass is 527 g/mol. The van der Waals surface area contributed by atoms with Gasteiger partial charge in [0.2, 0.25) is 0 Å². The second kappa shape index (κ2) is 9.38. The van der Waals surface area contributed by atoms with Crippen molar-refractivity contribution in [1.29, 1.82) is 0 Å². The van der Waals surface area contributed by atoms with Crippen LogP contribution in [0.15, 0.2) is 83.3 Å². The van der Waals surface area contributed by atoms with Gasteiger partial charge in [-0.05, 0) is 53.4 Å². The highest BCUT2D eigenvalue weighted by Crippen LogP contribution is 2.41. The molecule has 0 amide bonds. The van der Waals surface area contributed by atoms with Gasteiger partial charge in [-0.15, -0.1) is 11.3 Å². The number of para-hydroxylation sites is 1. The molecule has 0 saturated heterocycles. The van der Waals surface area contributed by atoms with Gasteiger partial charge in [-0.3, -0.25) is 4.55 Å². The Hall–Kier alpha value is -2.78. The van der Waals surface area contributed by atoms with E-state index in [0.29, 0.717) is 10.6 Å². The summed E-state index contributed by atoms with van der Waals surface area (Å²) >= 11 is 2.07. The Kier molecular flexibility index (Phi) is 6.57. The number of halogens is 1. The molecule has 3 aromatic carbocycles. The summed E-state index contributed by atoms with van der Waals surface area (Å²) < 4.78 is 24.4. The largest absolute Gasteiger partial charge is 0.477 e. The molecule has 0 aliphatic heterocycles. The minimum atomic E-state index is -2.44. The molecular formula is C24H18BrNO4S2. The van der Waals surface area contributed by atoms with E-state index in [1.54, 1.807) is 18.2 Å². The highest BCUT2D eigenvalue weighted by molar-refractivity contribution is 9.10. The quantitative estimate of drug-likeness (QED) is 0.261. The Bertz CT molecular complexity index is 1300. The number of aromatic carboxylic acids is 1. The molecule has 4 rings (SSSR count). The van der Waals surface area contributed by atoms with Crippen LogP contribution in [0.2, 0.25) is 0 Å². The van der Waals surface area contributed by atoms with Gasteiger partial charge in [0.25, 0.3) is 11.3 Å². The zero-order valence-corrected chi connectivity index (χ0v) is 20.1. The molecular weight excluding hydrogens is 510 g/mol. The number of aryl methyl sites for hydroxylation is 1. The van der Waals surface area contributed by atoms with E-state index in [-0.39, 0.29) is 10.6 Å². The fourth-order valence-corrected chi connectivity index (χ4v) is 5.38. The maximum Gasteiger partial charge on any atom is 0.348 e. The third-order valence-electron chi connectivity index (χ3n) is 4.96. The zero-order chi connectivity index (χ0) is 22.8. The first kappa shape index (κ1) is 22.4. The molecule has 0 bridgehead atoms. The highest BCUT2D eigenvalue weighted by Gasteiger charge is 2.26. The van der Waals surface area contributed by atoms with Crippen molar-refractivity contribution >= 4 is 55.9 Å². The van der Waals surface area contributed by atoms with Gasteiger partial charge in [0, 0.05) is 9.35 Å². The Balaban J connectivity index is 1.76. The third-order valence-corrected chi connectivity index (χ3v) is 7.36. The second-order valence-electron chi connectivity index (χ2n) is 7.03. The lowest BCUT2D eigenvalue weighted by Crippen LogP contribution is -2.21. The third kappa shape index (κ3) is 4.54. The first-order valence-electron chi connectivity index (χ1n) is 9.55. The number of carboxylic acids is 1. The lowest BCUT2D eigenvalue weighted by Gasteiger charge is -2.21. The molecule has 8 heteroatoms. The molecule has 5 nitrogen and oxygen atoms in total. The predicted molar refractivity (Wildman–Crippen MR) is 134 cm³/mol. The van der Waals surface area contributed by atoms with Crippen molar-refractivity contribution in [2.45, 2.75) is 6.92 Å². The minimum Gasteiger partial charge on any atom is -0.477 e. The van der Waals surface area contributed by atoms with Crippen molar-refractivity contribution in [3.05, 3.63) is 93.8 Å². The number of nitrogens with zero attached hydrogens (tertiary/aromatic N) is 1. The smallest absolute Gasteiger partial charge is 0.348 e. The number of thiophene rings is 1. The lowest BCUT2D eigenvalue weighted by molar-refractivity contribution is 0.0703. The van der Waals surface area contributed by atoms with Gasteiger partial charge in [-0.1, -0.05) is 70.5 Å². The van der Waals surface area contributed by atoms with Crippen LogP contribution in [0.5, 0.6) is 0 Å². The van der Waals surface area contributed by atoms with Crippen LogP contribution in [-0.4, -0.2) is 19.8 Å². The van der Waals surface area contributed by atoms with E-state index in [4.69, 9.17) is 0 Å². The van der Waals surface area contributed by atoms with Crippen molar-refractivity contribution in [2.24, 2.45) is 0 Å². The number of hydrogen-bond acceptors (Lipinski definition) is 3. The highest BCUT2D eigenvalue weighted by atomic mass is 79.9. The van der Waals surface area contributed by atoms with E-state index < -0.39 is 17.2 Å². The molecule has 1 heterocycles. The summed E-state index contributed by atoms with van der Waals surface area (Å²) in [5.41, 5.74) is 4.36. The first-order valence-corrected chi connectivity index (χ1v) is 12.2. The van der Waals surface area contributed by atoms with Crippen molar-refractivity contribution in [1.82, 2.24) is 0 Å². The predicted octanol–water partition coefficient (Wildman–Crippen LogP) is 7.13. The summed E-state index contributed by atoms with van der Waals surface area (Å²) in [6.07, 6.45) is 0. The Morgan fingerprint density at radius 3 is 2.03 bits per heavy atom. The Labute approximate surface area is 200 Å². The Morgan fingerprint density at radius 2 is 1.47 bits per heavy atom. The molecule has 0 radical (unpaired) electrons. The van der Waals surface area contributed by atoms with Gasteiger partial charge in [-0.2, -0.15) is 0 Å². The van der Waals surface area contributed by atoms with Crippen molar-refractivity contribution in [3.63, 3.8) is 0 Å². The van der Waals surface area contributed by atoms with Gasteiger partial charge >= 0.3 is 5.97 Å². The molecule has 2 N–H and O–H groups in total. The second-order valence-corrected chi connectivity index (χ2v) is 9.82. The summed E-state index contributed by atoms with van der Waals surface area (Å²) in [7, 11) is 0. The molecule has 1 aromatic heterocycles. The van der Waals surface area contributed by atoms with Gasteiger partial charge in [0.1, 0.15) is 4.88 Å². The summed E-state index contributed by atoms with van der Waals surface area (Å²) in [5.74, 6) is -1.15.